The number of fused-ring (bicyclic) bond motifs is 1. The minimum atomic E-state index is -1.02. The van der Waals surface area contributed by atoms with Crippen LogP contribution in [0.1, 0.15) is 18.5 Å². The van der Waals surface area contributed by atoms with Gasteiger partial charge in [0.2, 0.25) is 0 Å². The van der Waals surface area contributed by atoms with Gasteiger partial charge in [0.05, 0.1) is 22.0 Å². The number of benzene rings is 1. The van der Waals surface area contributed by atoms with Gasteiger partial charge in [-0.3, -0.25) is 4.79 Å². The molecule has 0 aliphatic carbocycles. The summed E-state index contributed by atoms with van der Waals surface area (Å²) in [5, 5.41) is 14.2. The number of nitrogens with one attached hydrogen (secondary N) is 3. The number of carbonyl (C=O) groups is 1. The highest BCUT2D eigenvalue weighted by Gasteiger charge is 2.25. The van der Waals surface area contributed by atoms with Crippen LogP contribution in [0, 0.1) is 17.0 Å². The van der Waals surface area contributed by atoms with Crippen LogP contribution in [0.15, 0.2) is 34.2 Å². The third-order valence-corrected chi connectivity index (χ3v) is 4.31. The fourth-order valence-corrected chi connectivity index (χ4v) is 3.00. The number of H-pyrrole nitrogens is 1. The van der Waals surface area contributed by atoms with E-state index in [2.05, 4.69) is 20.4 Å². The van der Waals surface area contributed by atoms with Gasteiger partial charge in [-0.1, -0.05) is 17.7 Å². The van der Waals surface area contributed by atoms with Crippen molar-refractivity contribution in [3.8, 4) is 5.69 Å². The predicted octanol–water partition coefficient (Wildman–Crippen LogP) is 3.18. The second-order valence-electron chi connectivity index (χ2n) is 5.86. The molecule has 2 amide bonds. The van der Waals surface area contributed by atoms with E-state index in [0.717, 1.165) is 29.2 Å². The number of para-hydroxylation sites is 1. The molecule has 1 aromatic carbocycles. The highest BCUT2D eigenvalue weighted by Crippen LogP contribution is 2.30. The van der Waals surface area contributed by atoms with Gasteiger partial charge in [0.15, 0.2) is 11.6 Å². The molecule has 0 aliphatic rings. The molecule has 0 fully saturated rings. The normalized spacial score (nSPS) is 12.4. The number of rotatable bonds is 5. The molecular weight excluding hydrogens is 406 g/mol. The van der Waals surface area contributed by atoms with Crippen LogP contribution in [0.25, 0.3) is 16.6 Å². The highest BCUT2D eigenvalue weighted by molar-refractivity contribution is 6.35. The van der Waals surface area contributed by atoms with Crippen molar-refractivity contribution in [2.45, 2.75) is 12.8 Å². The first-order chi connectivity index (χ1) is 13.9. The van der Waals surface area contributed by atoms with Gasteiger partial charge in [-0.2, -0.15) is 5.10 Å². The van der Waals surface area contributed by atoms with Crippen LogP contribution in [0.5, 0.6) is 0 Å². The van der Waals surface area contributed by atoms with Gasteiger partial charge >= 0.3 is 6.03 Å². The molecule has 150 valence electrons. The first-order valence-corrected chi connectivity index (χ1v) is 8.83. The topological polar surface area (TPSA) is 116 Å². The number of hydrogen-bond donors (Lipinski definition) is 3. The lowest BCUT2D eigenvalue weighted by molar-refractivity contribution is 0.250. The molecule has 0 bridgehead atoms. The summed E-state index contributed by atoms with van der Waals surface area (Å²) in [6.45, 7) is 2.06. The minimum Gasteiger partial charge on any atom is -0.337 e. The number of aromatic amines is 1. The van der Waals surface area contributed by atoms with Crippen molar-refractivity contribution in [2.24, 2.45) is 4.99 Å². The van der Waals surface area contributed by atoms with Gasteiger partial charge in [0, 0.05) is 25.2 Å². The van der Waals surface area contributed by atoms with Gasteiger partial charge in [-0.05, 0) is 19.1 Å². The Kier molecular flexibility index (Phi) is 5.83. The smallest absolute Gasteiger partial charge is 0.337 e. The zero-order chi connectivity index (χ0) is 21.1. The predicted molar refractivity (Wildman–Crippen MR) is 106 cm³/mol. The molecule has 3 rings (SSSR count). The molecule has 2 heterocycles. The first-order valence-electron chi connectivity index (χ1n) is 8.45. The minimum absolute atomic E-state index is 0.00889. The summed E-state index contributed by atoms with van der Waals surface area (Å²) >= 11 is 6.19. The molecule has 1 atom stereocenters. The van der Waals surface area contributed by atoms with E-state index in [1.165, 1.54) is 12.3 Å². The summed E-state index contributed by atoms with van der Waals surface area (Å²) in [6.07, 6.45) is 3.18. The van der Waals surface area contributed by atoms with E-state index in [-0.39, 0.29) is 21.6 Å². The molecule has 1 unspecified atom stereocenters. The standard InChI is InChI=1S/C18H15ClF2N6O2/c1-2-23-18(29)25-7-9(6-22)14-13-15(10(19)8-24-17(13)28)27(26-14)16-11(20)4-3-5-12(16)21/h3-9,22H,2H2,1H3,(H,23,29)(H,24,28). The largest absolute Gasteiger partial charge is 0.340 e. The van der Waals surface area contributed by atoms with Gasteiger partial charge in [-0.25, -0.2) is 23.2 Å². The van der Waals surface area contributed by atoms with Crippen LogP contribution in [0.3, 0.4) is 0 Å². The molecule has 0 radical (unpaired) electrons. The van der Waals surface area contributed by atoms with Crippen molar-refractivity contribution in [1.29, 1.82) is 5.41 Å². The number of nitrogens with zero attached hydrogens (tertiary/aromatic N) is 3. The zero-order valence-electron chi connectivity index (χ0n) is 15.0. The van der Waals surface area contributed by atoms with E-state index in [4.69, 9.17) is 17.0 Å². The van der Waals surface area contributed by atoms with Gasteiger partial charge in [0.25, 0.3) is 5.56 Å². The third kappa shape index (κ3) is 3.79. The Balaban J connectivity index is 2.29. The Hall–Kier alpha value is -3.40. The summed E-state index contributed by atoms with van der Waals surface area (Å²) in [6, 6.07) is 2.62. The molecule has 29 heavy (non-hydrogen) atoms. The van der Waals surface area contributed by atoms with Gasteiger partial charge < -0.3 is 15.7 Å². The Labute approximate surface area is 167 Å². The monoisotopic (exact) mass is 420 g/mol. The lowest BCUT2D eigenvalue weighted by atomic mass is 10.1. The fourth-order valence-electron chi connectivity index (χ4n) is 2.77. The first kappa shape index (κ1) is 20.3. The molecule has 2 aromatic heterocycles. The van der Waals surface area contributed by atoms with Crippen molar-refractivity contribution in [3.05, 3.63) is 57.1 Å². The number of amides is 2. The molecule has 0 saturated heterocycles. The van der Waals surface area contributed by atoms with Gasteiger partial charge in [-0.15, -0.1) is 0 Å². The Morgan fingerprint density at radius 2 is 2.14 bits per heavy atom. The Bertz CT molecular complexity index is 1170. The third-order valence-electron chi connectivity index (χ3n) is 4.02. The van der Waals surface area contributed by atoms with E-state index in [0.29, 0.717) is 6.54 Å². The lowest BCUT2D eigenvalue weighted by Gasteiger charge is -2.07. The van der Waals surface area contributed by atoms with E-state index < -0.39 is 34.8 Å². The van der Waals surface area contributed by atoms with Crippen LogP contribution < -0.4 is 10.9 Å². The number of urea groups is 1. The maximum Gasteiger partial charge on any atom is 0.340 e. The lowest BCUT2D eigenvalue weighted by Crippen LogP contribution is -2.19. The Morgan fingerprint density at radius 3 is 2.76 bits per heavy atom. The van der Waals surface area contributed by atoms with Crippen LogP contribution in [0.4, 0.5) is 13.6 Å². The summed E-state index contributed by atoms with van der Waals surface area (Å²) in [4.78, 5) is 30.2. The number of aliphatic imine (C=N–C) groups is 1. The number of halogens is 3. The van der Waals surface area contributed by atoms with Crippen molar-refractivity contribution >= 4 is 41.0 Å². The average molecular weight is 421 g/mol. The quantitative estimate of drug-likeness (QED) is 0.550. The summed E-state index contributed by atoms with van der Waals surface area (Å²) < 4.78 is 29.6. The van der Waals surface area contributed by atoms with Crippen molar-refractivity contribution in [1.82, 2.24) is 20.1 Å². The maximum atomic E-state index is 14.4. The van der Waals surface area contributed by atoms with Gasteiger partial charge in [0.1, 0.15) is 11.2 Å². The number of pyridine rings is 1. The van der Waals surface area contributed by atoms with Crippen LogP contribution >= 0.6 is 11.6 Å². The molecule has 11 heteroatoms. The number of hydrogen-bond acceptors (Lipinski definition) is 4. The van der Waals surface area contributed by atoms with E-state index in [9.17, 15) is 18.4 Å². The van der Waals surface area contributed by atoms with Crippen LogP contribution in [-0.4, -0.2) is 39.8 Å². The molecule has 0 saturated carbocycles. The molecule has 8 nitrogen and oxygen atoms in total. The second-order valence-corrected chi connectivity index (χ2v) is 6.27. The number of aromatic nitrogens is 3. The fraction of sp³-hybridized carbons (Fsp3) is 0.167. The summed E-state index contributed by atoms with van der Waals surface area (Å²) in [5.74, 6) is -2.85. The molecule has 3 aromatic rings. The maximum absolute atomic E-state index is 14.4. The van der Waals surface area contributed by atoms with Crippen LogP contribution in [-0.2, 0) is 0 Å². The summed E-state index contributed by atoms with van der Waals surface area (Å²) in [5.41, 5.74) is -1.22. The van der Waals surface area contributed by atoms with Crippen LogP contribution in [0.2, 0.25) is 5.02 Å². The number of carbonyl (C=O) groups excluding carboxylic acids is 1. The highest BCUT2D eigenvalue weighted by atomic mass is 35.5. The van der Waals surface area contributed by atoms with Crippen molar-refractivity contribution < 1.29 is 13.6 Å². The molecule has 0 aliphatic heterocycles. The molecular formula is C18H15ClF2N6O2. The molecule has 3 N–H and O–H groups in total. The second kappa shape index (κ2) is 8.31. The zero-order valence-corrected chi connectivity index (χ0v) is 15.8. The van der Waals surface area contributed by atoms with E-state index >= 15 is 0 Å². The van der Waals surface area contributed by atoms with Crippen molar-refractivity contribution in [2.75, 3.05) is 6.54 Å². The SMILES string of the molecule is CCNC(=O)N=CC(C=N)c1nn(-c2c(F)cccc2F)c2c(Cl)c[nH]c(=O)c12. The average Bonchev–Trinajstić information content (AvgIpc) is 3.07. The Morgan fingerprint density at radius 1 is 1.45 bits per heavy atom. The van der Waals surface area contributed by atoms with E-state index in [1.807, 2.05) is 0 Å². The molecule has 0 spiro atoms. The van der Waals surface area contributed by atoms with Crippen molar-refractivity contribution in [3.63, 3.8) is 0 Å². The van der Waals surface area contributed by atoms with E-state index in [1.54, 1.807) is 6.92 Å². The summed E-state index contributed by atoms with van der Waals surface area (Å²) in [7, 11) is 0.